The van der Waals surface area contributed by atoms with Gasteiger partial charge in [0.05, 0.1) is 15.8 Å². The number of benzene rings is 1. The van der Waals surface area contributed by atoms with Crippen molar-refractivity contribution in [2.24, 2.45) is 0 Å². The first-order valence-corrected chi connectivity index (χ1v) is 10.9. The van der Waals surface area contributed by atoms with Crippen LogP contribution in [0.25, 0.3) is 10.7 Å². The Morgan fingerprint density at radius 3 is 2.85 bits per heavy atom. The third kappa shape index (κ3) is 3.29. The Balaban J connectivity index is 1.57. The van der Waals surface area contributed by atoms with Crippen molar-refractivity contribution in [3.8, 4) is 10.7 Å². The molecule has 0 spiro atoms. The number of halogens is 1. The Morgan fingerprint density at radius 2 is 2.08 bits per heavy atom. The maximum atomic E-state index is 13.0. The number of thiophene rings is 1. The lowest BCUT2D eigenvalue weighted by Gasteiger charge is -2.30. The molecule has 9 heteroatoms. The number of piperidine rings is 1. The molecule has 0 amide bonds. The fraction of sp³-hybridized carbons (Fsp3) is 0.294. The Labute approximate surface area is 160 Å². The minimum atomic E-state index is -3.66. The Hall–Kier alpha value is -1.74. The van der Waals surface area contributed by atoms with Gasteiger partial charge in [-0.25, -0.2) is 8.42 Å². The quantitative estimate of drug-likeness (QED) is 0.650. The molecular weight excluding hydrogens is 394 g/mol. The molecule has 4 rings (SSSR count). The minimum Gasteiger partial charge on any atom is -0.339 e. The van der Waals surface area contributed by atoms with Gasteiger partial charge < -0.3 is 4.52 Å². The van der Waals surface area contributed by atoms with Crippen molar-refractivity contribution < 1.29 is 12.9 Å². The molecule has 0 bridgehead atoms. The van der Waals surface area contributed by atoms with Crippen molar-refractivity contribution >= 4 is 33.0 Å². The second-order valence-corrected chi connectivity index (χ2v) is 9.33. The zero-order valence-corrected chi connectivity index (χ0v) is 16.1. The topological polar surface area (TPSA) is 76.3 Å². The summed E-state index contributed by atoms with van der Waals surface area (Å²) < 4.78 is 32.8. The highest BCUT2D eigenvalue weighted by molar-refractivity contribution is 7.89. The van der Waals surface area contributed by atoms with E-state index in [1.165, 1.54) is 21.7 Å². The monoisotopic (exact) mass is 409 g/mol. The summed E-state index contributed by atoms with van der Waals surface area (Å²) in [7, 11) is -3.66. The van der Waals surface area contributed by atoms with Crippen LogP contribution < -0.4 is 0 Å². The molecule has 0 unspecified atom stereocenters. The molecule has 136 valence electrons. The third-order valence-electron chi connectivity index (χ3n) is 4.37. The molecule has 0 aliphatic carbocycles. The van der Waals surface area contributed by atoms with Crippen LogP contribution in [-0.2, 0) is 10.0 Å². The van der Waals surface area contributed by atoms with Crippen molar-refractivity contribution in [2.75, 3.05) is 13.1 Å². The van der Waals surface area contributed by atoms with Crippen LogP contribution in [0.3, 0.4) is 0 Å². The Kier molecular flexibility index (Phi) is 4.83. The molecule has 1 atom stereocenters. The van der Waals surface area contributed by atoms with Gasteiger partial charge in [-0.1, -0.05) is 35.0 Å². The molecule has 6 nitrogen and oxygen atoms in total. The predicted molar refractivity (Wildman–Crippen MR) is 99.8 cm³/mol. The molecule has 2 aromatic heterocycles. The average molecular weight is 410 g/mol. The molecule has 26 heavy (non-hydrogen) atoms. The zero-order valence-electron chi connectivity index (χ0n) is 13.7. The summed E-state index contributed by atoms with van der Waals surface area (Å²) in [4.78, 5) is 5.53. The van der Waals surface area contributed by atoms with E-state index < -0.39 is 10.0 Å². The van der Waals surface area contributed by atoms with Crippen LogP contribution in [-0.4, -0.2) is 36.0 Å². The Morgan fingerprint density at radius 1 is 1.23 bits per heavy atom. The van der Waals surface area contributed by atoms with Gasteiger partial charge in [0.25, 0.3) is 0 Å². The largest absolute Gasteiger partial charge is 0.339 e. The van der Waals surface area contributed by atoms with Gasteiger partial charge in [0.1, 0.15) is 4.90 Å². The van der Waals surface area contributed by atoms with Gasteiger partial charge in [-0.2, -0.15) is 9.29 Å². The number of rotatable bonds is 4. The first-order valence-electron chi connectivity index (χ1n) is 8.18. The fourth-order valence-electron chi connectivity index (χ4n) is 3.06. The molecule has 1 aliphatic heterocycles. The normalized spacial score (nSPS) is 18.9. The molecule has 1 aliphatic rings. The summed E-state index contributed by atoms with van der Waals surface area (Å²) in [5.41, 5.74) is 0. The Bertz CT molecular complexity index is 1000. The molecule has 1 fully saturated rings. The van der Waals surface area contributed by atoms with Gasteiger partial charge in [0.2, 0.25) is 21.7 Å². The summed E-state index contributed by atoms with van der Waals surface area (Å²) >= 11 is 7.63. The van der Waals surface area contributed by atoms with E-state index in [2.05, 4.69) is 10.1 Å². The van der Waals surface area contributed by atoms with Gasteiger partial charge in [-0.15, -0.1) is 11.3 Å². The summed E-state index contributed by atoms with van der Waals surface area (Å²) in [5, 5.41) is 6.21. The van der Waals surface area contributed by atoms with Gasteiger partial charge in [-0.3, -0.25) is 0 Å². The first-order chi connectivity index (χ1) is 12.6. The van der Waals surface area contributed by atoms with Gasteiger partial charge >= 0.3 is 0 Å². The van der Waals surface area contributed by atoms with E-state index >= 15 is 0 Å². The van der Waals surface area contributed by atoms with E-state index in [-0.39, 0.29) is 15.8 Å². The van der Waals surface area contributed by atoms with Gasteiger partial charge in [0, 0.05) is 13.1 Å². The number of nitrogens with zero attached hydrogens (tertiary/aromatic N) is 3. The van der Waals surface area contributed by atoms with E-state index in [4.69, 9.17) is 16.1 Å². The summed E-state index contributed by atoms with van der Waals surface area (Å²) in [6.45, 7) is 0.760. The third-order valence-corrected chi connectivity index (χ3v) is 7.60. The van der Waals surface area contributed by atoms with Crippen LogP contribution in [0.2, 0.25) is 5.02 Å². The number of sulfonamides is 1. The minimum absolute atomic E-state index is 0.123. The second-order valence-electron chi connectivity index (χ2n) is 6.07. The van der Waals surface area contributed by atoms with Crippen molar-refractivity contribution in [3.63, 3.8) is 0 Å². The van der Waals surface area contributed by atoms with Crippen molar-refractivity contribution in [2.45, 2.75) is 23.7 Å². The molecule has 0 radical (unpaired) electrons. The standard InChI is InChI=1S/C17H16ClN3O3S2/c18-13-6-1-2-8-15(13)26(22,23)21-9-3-5-12(11-21)17-19-16(20-24-17)14-7-4-10-25-14/h1-2,4,6-8,10,12H,3,5,9,11H2/t12-/m0/s1. The lowest BCUT2D eigenvalue weighted by atomic mass is 10.00. The van der Waals surface area contributed by atoms with Gasteiger partial charge in [0.15, 0.2) is 0 Å². The van der Waals surface area contributed by atoms with Crippen molar-refractivity contribution in [3.05, 3.63) is 52.7 Å². The lowest BCUT2D eigenvalue weighted by Crippen LogP contribution is -2.39. The fourth-order valence-corrected chi connectivity index (χ4v) is 5.73. The van der Waals surface area contributed by atoms with Crippen LogP contribution >= 0.6 is 22.9 Å². The molecule has 3 heterocycles. The van der Waals surface area contributed by atoms with Crippen LogP contribution in [0.15, 0.2) is 51.2 Å². The summed E-state index contributed by atoms with van der Waals surface area (Å²) in [5.74, 6) is 0.899. The molecular formula is C17H16ClN3O3S2. The van der Waals surface area contributed by atoms with Crippen molar-refractivity contribution in [1.29, 1.82) is 0 Å². The van der Waals surface area contributed by atoms with Crippen LogP contribution in [0.4, 0.5) is 0 Å². The molecule has 1 saturated heterocycles. The van der Waals surface area contributed by atoms with E-state index in [1.54, 1.807) is 18.2 Å². The maximum absolute atomic E-state index is 13.0. The van der Waals surface area contributed by atoms with Gasteiger partial charge in [-0.05, 0) is 36.4 Å². The zero-order chi connectivity index (χ0) is 18.1. The number of aromatic nitrogens is 2. The van der Waals surface area contributed by atoms with Crippen LogP contribution in [0, 0.1) is 0 Å². The molecule has 0 N–H and O–H groups in total. The molecule has 1 aromatic carbocycles. The number of hydrogen-bond donors (Lipinski definition) is 0. The highest BCUT2D eigenvalue weighted by Crippen LogP contribution is 2.32. The van der Waals surface area contributed by atoms with Crippen molar-refractivity contribution in [1.82, 2.24) is 14.4 Å². The smallest absolute Gasteiger partial charge is 0.244 e. The first kappa shape index (κ1) is 17.7. The highest BCUT2D eigenvalue weighted by Gasteiger charge is 2.34. The average Bonchev–Trinajstić information content (AvgIpc) is 3.33. The SMILES string of the molecule is O=S(=O)(c1ccccc1Cl)N1CCC[C@H](c2nc(-c3cccs3)no2)C1. The van der Waals surface area contributed by atoms with Crippen LogP contribution in [0.5, 0.6) is 0 Å². The molecule has 0 saturated carbocycles. The van der Waals surface area contributed by atoms with E-state index in [1.807, 2.05) is 17.5 Å². The maximum Gasteiger partial charge on any atom is 0.244 e. The highest BCUT2D eigenvalue weighted by atomic mass is 35.5. The predicted octanol–water partition coefficient (Wildman–Crippen LogP) is 4.02. The summed E-state index contributed by atoms with van der Waals surface area (Å²) in [6.07, 6.45) is 1.53. The second kappa shape index (κ2) is 7.11. The summed E-state index contributed by atoms with van der Waals surface area (Å²) in [6, 6.07) is 10.4. The number of hydrogen-bond acceptors (Lipinski definition) is 6. The van der Waals surface area contributed by atoms with Crippen LogP contribution in [0.1, 0.15) is 24.7 Å². The molecule has 3 aromatic rings. The van der Waals surface area contributed by atoms with E-state index in [9.17, 15) is 8.42 Å². The lowest BCUT2D eigenvalue weighted by molar-refractivity contribution is 0.265. The van der Waals surface area contributed by atoms with E-state index in [0.29, 0.717) is 24.8 Å². The van der Waals surface area contributed by atoms with E-state index in [0.717, 1.165) is 17.7 Å².